The average molecular weight is 350 g/mol. The third-order valence-corrected chi connectivity index (χ3v) is 4.16. The minimum Gasteiger partial charge on any atom is -0.383 e. The Morgan fingerprint density at radius 1 is 1.29 bits per heavy atom. The van der Waals surface area contributed by atoms with Gasteiger partial charge in [-0.15, -0.1) is 0 Å². The number of hydrogen-bond donors (Lipinski definition) is 1. The molecule has 4 heteroatoms. The van der Waals surface area contributed by atoms with E-state index in [0.717, 1.165) is 40.2 Å². The lowest BCUT2D eigenvalue weighted by molar-refractivity contribution is 0.387. The van der Waals surface area contributed by atoms with Crippen molar-refractivity contribution < 1.29 is 0 Å². The summed E-state index contributed by atoms with van der Waals surface area (Å²) in [4.78, 5) is 4.83. The summed E-state index contributed by atoms with van der Waals surface area (Å²) >= 11 is 3.64. The van der Waals surface area contributed by atoms with Crippen molar-refractivity contribution in [3.63, 3.8) is 0 Å². The molecule has 0 bridgehead atoms. The average Bonchev–Trinajstić information content (AvgIpc) is 2.66. The molecule has 0 unspecified atom stereocenters. The molecule has 0 aliphatic heterocycles. The van der Waals surface area contributed by atoms with Crippen LogP contribution in [0.3, 0.4) is 0 Å². The van der Waals surface area contributed by atoms with Crippen LogP contribution in [0.4, 0.5) is 5.82 Å². The fraction of sp³-hybridized carbons (Fsp3) is 0.471. The number of nitrogens with zero attached hydrogens (tertiary/aromatic N) is 2. The van der Waals surface area contributed by atoms with E-state index in [4.69, 9.17) is 10.7 Å². The van der Waals surface area contributed by atoms with Crippen molar-refractivity contribution in [3.8, 4) is 11.3 Å². The van der Waals surface area contributed by atoms with Gasteiger partial charge >= 0.3 is 0 Å². The first-order valence-corrected chi connectivity index (χ1v) is 8.19. The summed E-state index contributed by atoms with van der Waals surface area (Å²) in [5.74, 6) is 1.81. The quantitative estimate of drug-likeness (QED) is 0.855. The fourth-order valence-corrected chi connectivity index (χ4v) is 3.31. The summed E-state index contributed by atoms with van der Waals surface area (Å²) < 4.78 is 3.20. The van der Waals surface area contributed by atoms with Gasteiger partial charge in [-0.1, -0.05) is 35.0 Å². The summed E-state index contributed by atoms with van der Waals surface area (Å²) in [6.07, 6.45) is 1.99. The zero-order chi connectivity index (χ0) is 15.8. The summed E-state index contributed by atoms with van der Waals surface area (Å²) in [5, 5.41) is 0. The van der Waals surface area contributed by atoms with E-state index in [1.54, 1.807) is 0 Å². The van der Waals surface area contributed by atoms with Crippen LogP contribution in [0.15, 0.2) is 22.7 Å². The molecule has 0 amide bonds. The van der Waals surface area contributed by atoms with E-state index in [2.05, 4.69) is 73.3 Å². The minimum absolute atomic E-state index is 0.0724. The standard InChI is InChI=1S/C17H24BrN3/c1-6-7-14-20-15(16(19)21(14)17(3,4)5)12-9-8-11(2)10-13(12)18/h8-10H,6-7,19H2,1-5H3. The predicted octanol–water partition coefficient (Wildman–Crippen LogP) is 4.91. The molecule has 0 saturated carbocycles. The van der Waals surface area contributed by atoms with Gasteiger partial charge in [-0.3, -0.25) is 0 Å². The van der Waals surface area contributed by atoms with E-state index in [0.29, 0.717) is 0 Å². The van der Waals surface area contributed by atoms with Gasteiger partial charge in [0.2, 0.25) is 0 Å². The van der Waals surface area contributed by atoms with Crippen molar-refractivity contribution in [3.05, 3.63) is 34.1 Å². The normalized spacial score (nSPS) is 11.9. The molecular weight excluding hydrogens is 326 g/mol. The van der Waals surface area contributed by atoms with Gasteiger partial charge in [0.05, 0.1) is 0 Å². The van der Waals surface area contributed by atoms with Crippen LogP contribution in [-0.4, -0.2) is 9.55 Å². The Balaban J connectivity index is 2.65. The van der Waals surface area contributed by atoms with Gasteiger partial charge < -0.3 is 10.3 Å². The van der Waals surface area contributed by atoms with E-state index in [1.807, 2.05) is 0 Å². The Morgan fingerprint density at radius 2 is 1.95 bits per heavy atom. The summed E-state index contributed by atoms with van der Waals surface area (Å²) in [6, 6.07) is 6.28. The third kappa shape index (κ3) is 3.15. The second-order valence-electron chi connectivity index (χ2n) is 6.50. The Labute approximate surface area is 135 Å². The van der Waals surface area contributed by atoms with Gasteiger partial charge in [-0.25, -0.2) is 4.98 Å². The number of anilines is 1. The number of nitrogens with two attached hydrogens (primary N) is 1. The molecule has 0 radical (unpaired) electrons. The van der Waals surface area contributed by atoms with E-state index in [-0.39, 0.29) is 5.54 Å². The lowest BCUT2D eigenvalue weighted by Gasteiger charge is -2.25. The first-order valence-electron chi connectivity index (χ1n) is 7.39. The maximum absolute atomic E-state index is 6.44. The molecule has 1 aromatic carbocycles. The van der Waals surface area contributed by atoms with Crippen LogP contribution in [-0.2, 0) is 12.0 Å². The van der Waals surface area contributed by atoms with Crippen molar-refractivity contribution in [2.45, 2.75) is 53.0 Å². The molecule has 2 rings (SSSR count). The van der Waals surface area contributed by atoms with Crippen molar-refractivity contribution in [2.75, 3.05) is 5.73 Å². The molecule has 0 aliphatic rings. The van der Waals surface area contributed by atoms with Gasteiger partial charge in [0, 0.05) is 22.0 Å². The van der Waals surface area contributed by atoms with Crippen LogP contribution < -0.4 is 5.73 Å². The Morgan fingerprint density at radius 3 is 2.48 bits per heavy atom. The Hall–Kier alpha value is -1.29. The molecule has 1 heterocycles. The number of imidazole rings is 1. The second-order valence-corrected chi connectivity index (χ2v) is 7.36. The van der Waals surface area contributed by atoms with Crippen LogP contribution in [0.25, 0.3) is 11.3 Å². The van der Waals surface area contributed by atoms with Crippen molar-refractivity contribution in [1.82, 2.24) is 9.55 Å². The largest absolute Gasteiger partial charge is 0.383 e. The predicted molar refractivity (Wildman–Crippen MR) is 93.5 cm³/mol. The lowest BCUT2D eigenvalue weighted by atomic mass is 10.1. The zero-order valence-corrected chi connectivity index (χ0v) is 15.1. The van der Waals surface area contributed by atoms with Gasteiger partial charge in [-0.2, -0.15) is 0 Å². The molecular formula is C17H24BrN3. The molecule has 0 fully saturated rings. The summed E-state index contributed by atoms with van der Waals surface area (Å²) in [5.41, 5.74) is 9.51. The van der Waals surface area contributed by atoms with Crippen molar-refractivity contribution in [2.24, 2.45) is 0 Å². The van der Waals surface area contributed by atoms with Gasteiger partial charge in [0.25, 0.3) is 0 Å². The molecule has 114 valence electrons. The van der Waals surface area contributed by atoms with Gasteiger partial charge in [0.15, 0.2) is 0 Å². The van der Waals surface area contributed by atoms with E-state index in [9.17, 15) is 0 Å². The van der Waals surface area contributed by atoms with E-state index >= 15 is 0 Å². The maximum Gasteiger partial charge on any atom is 0.132 e. The summed E-state index contributed by atoms with van der Waals surface area (Å²) in [6.45, 7) is 10.7. The van der Waals surface area contributed by atoms with Crippen LogP contribution in [0.5, 0.6) is 0 Å². The second kappa shape index (κ2) is 5.84. The Bertz CT molecular complexity index is 651. The fourth-order valence-electron chi connectivity index (χ4n) is 2.63. The molecule has 0 spiro atoms. The number of rotatable bonds is 3. The summed E-state index contributed by atoms with van der Waals surface area (Å²) in [7, 11) is 0. The number of benzene rings is 1. The molecule has 0 aliphatic carbocycles. The SMILES string of the molecule is CCCc1nc(-c2ccc(C)cc2Br)c(N)n1C(C)(C)C. The van der Waals surface area contributed by atoms with Crippen LogP contribution in [0.1, 0.15) is 45.5 Å². The highest BCUT2D eigenvalue weighted by Gasteiger charge is 2.24. The highest BCUT2D eigenvalue weighted by atomic mass is 79.9. The first-order chi connectivity index (χ1) is 9.75. The number of hydrogen-bond acceptors (Lipinski definition) is 2. The minimum atomic E-state index is -0.0724. The first kappa shape index (κ1) is 16.1. The number of aromatic nitrogens is 2. The van der Waals surface area contributed by atoms with E-state index in [1.165, 1.54) is 5.56 Å². The number of nitrogen functional groups attached to an aromatic ring is 1. The van der Waals surface area contributed by atoms with Crippen molar-refractivity contribution >= 4 is 21.7 Å². The van der Waals surface area contributed by atoms with Gasteiger partial charge in [0.1, 0.15) is 17.3 Å². The highest BCUT2D eigenvalue weighted by molar-refractivity contribution is 9.10. The molecule has 3 nitrogen and oxygen atoms in total. The van der Waals surface area contributed by atoms with Crippen LogP contribution in [0, 0.1) is 6.92 Å². The van der Waals surface area contributed by atoms with Crippen LogP contribution in [0.2, 0.25) is 0 Å². The van der Waals surface area contributed by atoms with E-state index < -0.39 is 0 Å². The Kier molecular flexibility index (Phi) is 4.47. The molecule has 0 atom stereocenters. The monoisotopic (exact) mass is 349 g/mol. The topological polar surface area (TPSA) is 43.8 Å². The maximum atomic E-state index is 6.44. The van der Waals surface area contributed by atoms with Crippen LogP contribution >= 0.6 is 15.9 Å². The van der Waals surface area contributed by atoms with Gasteiger partial charge in [-0.05, 0) is 45.7 Å². The lowest BCUT2D eigenvalue weighted by Crippen LogP contribution is -2.25. The molecule has 2 N–H and O–H groups in total. The molecule has 0 saturated heterocycles. The zero-order valence-electron chi connectivity index (χ0n) is 13.5. The number of aryl methyl sites for hydroxylation is 2. The highest BCUT2D eigenvalue weighted by Crippen LogP contribution is 2.35. The molecule has 1 aromatic heterocycles. The number of halogens is 1. The smallest absolute Gasteiger partial charge is 0.132 e. The molecule has 2 aromatic rings. The third-order valence-electron chi connectivity index (χ3n) is 3.51. The molecule has 21 heavy (non-hydrogen) atoms. The van der Waals surface area contributed by atoms with Crippen molar-refractivity contribution in [1.29, 1.82) is 0 Å².